The van der Waals surface area contributed by atoms with E-state index in [0.29, 0.717) is 11.7 Å². The first-order chi connectivity index (χ1) is 19.5. The maximum atomic E-state index is 10.7. The van der Waals surface area contributed by atoms with Crippen LogP contribution in [0.4, 0.5) is 0 Å². The third-order valence-electron chi connectivity index (χ3n) is 6.97. The Morgan fingerprint density at radius 2 is 1.88 bits per heavy atom. The van der Waals surface area contributed by atoms with Crippen LogP contribution >= 0.6 is 0 Å². The minimum Gasteiger partial charge on any atom is -0.496 e. The quantitative estimate of drug-likeness (QED) is 0.234. The predicted molar refractivity (Wildman–Crippen MR) is 167 cm³/mol. The van der Waals surface area contributed by atoms with Gasteiger partial charge in [-0.05, 0) is 68.0 Å². The summed E-state index contributed by atoms with van der Waals surface area (Å²) in [5.41, 5.74) is 5.04. The lowest BCUT2D eigenvalue weighted by atomic mass is 10.0. The zero-order valence-corrected chi connectivity index (χ0v) is 25.5. The van der Waals surface area contributed by atoms with E-state index in [0.717, 1.165) is 63.2 Å². The summed E-state index contributed by atoms with van der Waals surface area (Å²) in [5, 5.41) is 10.1. The maximum absolute atomic E-state index is 10.7. The number of hydrogen-bond donors (Lipinski definition) is 2. The summed E-state index contributed by atoms with van der Waals surface area (Å²) in [6, 6.07) is 11.3. The highest BCUT2D eigenvalue weighted by Crippen LogP contribution is 2.32. The maximum Gasteiger partial charge on any atom is 0.335 e. The van der Waals surface area contributed by atoms with Crippen molar-refractivity contribution < 1.29 is 19.4 Å². The van der Waals surface area contributed by atoms with Crippen LogP contribution in [0.2, 0.25) is 0 Å². The van der Waals surface area contributed by atoms with Gasteiger partial charge in [-0.3, -0.25) is 4.90 Å². The molecule has 1 saturated heterocycles. The third-order valence-corrected chi connectivity index (χ3v) is 6.97. The smallest absolute Gasteiger partial charge is 0.335 e. The normalized spacial score (nSPS) is 13.9. The van der Waals surface area contributed by atoms with Gasteiger partial charge in [-0.25, -0.2) is 4.79 Å². The Hall–Kier alpha value is -3.09. The number of nitrogens with zero attached hydrogens (tertiary/aromatic N) is 1. The fourth-order valence-corrected chi connectivity index (χ4v) is 4.84. The number of ether oxygens (including phenoxy) is 2. The minimum absolute atomic E-state index is 0.340. The number of aromatic nitrogens is 1. The summed E-state index contributed by atoms with van der Waals surface area (Å²) < 4.78 is 11.5. The molecule has 0 amide bonds. The Labute approximate surface area is 241 Å². The Kier molecular flexibility index (Phi) is 15.1. The summed E-state index contributed by atoms with van der Waals surface area (Å²) >= 11 is 0. The van der Waals surface area contributed by atoms with Crippen molar-refractivity contribution in [3.63, 3.8) is 0 Å². The molecular formula is C34H50N2O4. The fraction of sp³-hybridized carbons (Fsp3) is 0.500. The number of methoxy groups -OCH3 is 1. The number of likely N-dealkylation sites (tertiary alicyclic amines) is 1. The minimum atomic E-state index is -0.876. The second kappa shape index (κ2) is 18.3. The number of carboxylic acids is 1. The van der Waals surface area contributed by atoms with Crippen LogP contribution in [0.5, 0.6) is 5.75 Å². The number of unbranched alkanes of at least 4 members (excludes halogenated alkanes) is 2. The van der Waals surface area contributed by atoms with Gasteiger partial charge >= 0.3 is 5.97 Å². The highest BCUT2D eigenvalue weighted by molar-refractivity contribution is 5.88. The molecule has 1 aliphatic rings. The van der Waals surface area contributed by atoms with Gasteiger partial charge in [-0.1, -0.05) is 64.8 Å². The number of rotatable bonds is 11. The van der Waals surface area contributed by atoms with Crippen LogP contribution < -0.4 is 4.74 Å². The molecule has 2 N–H and O–H groups in total. The second-order valence-corrected chi connectivity index (χ2v) is 9.96. The van der Waals surface area contributed by atoms with Crippen molar-refractivity contribution in [3.05, 3.63) is 70.9 Å². The van der Waals surface area contributed by atoms with E-state index in [1.54, 1.807) is 25.3 Å². The van der Waals surface area contributed by atoms with E-state index in [-0.39, 0.29) is 0 Å². The van der Waals surface area contributed by atoms with Crippen molar-refractivity contribution in [2.24, 2.45) is 0 Å². The van der Waals surface area contributed by atoms with Crippen molar-refractivity contribution in [1.82, 2.24) is 9.88 Å². The van der Waals surface area contributed by atoms with Crippen LogP contribution in [0.25, 0.3) is 17.0 Å². The number of nitrogens with one attached hydrogen (secondary N) is 1. The van der Waals surface area contributed by atoms with Crippen molar-refractivity contribution in [2.45, 2.75) is 85.8 Å². The molecular weight excluding hydrogens is 500 g/mol. The third kappa shape index (κ3) is 10.1. The number of H-pyrrole nitrogens is 1. The standard InChI is InChI=1S/C19H28N2O2.C13H16O2.C2H6/c1-4-11-23-15-6-9-21(10-7-15)13-17-16-5-8-20-19(16)14(2)12-18(17)22-3;1-2-3-4-5-7-11-8-6-9-12(10-11)13(14)15;1-2/h5,8,12,15,20H,4,6-7,9-11,13H2,1-3H3;5-10H,2-4H2,1H3,(H,14,15);1-2H3/b;7-5+;. The molecule has 3 aromatic rings. The van der Waals surface area contributed by atoms with Gasteiger partial charge in [0, 0.05) is 48.9 Å². The average molecular weight is 551 g/mol. The van der Waals surface area contributed by atoms with Crippen LogP contribution in [0.3, 0.4) is 0 Å². The van der Waals surface area contributed by atoms with Crippen LogP contribution in [0.15, 0.2) is 48.7 Å². The van der Waals surface area contributed by atoms with E-state index in [4.69, 9.17) is 14.6 Å². The first-order valence-electron chi connectivity index (χ1n) is 14.9. The van der Waals surface area contributed by atoms with Gasteiger partial charge in [-0.15, -0.1) is 0 Å². The topological polar surface area (TPSA) is 74.8 Å². The zero-order valence-electron chi connectivity index (χ0n) is 25.5. The van der Waals surface area contributed by atoms with E-state index >= 15 is 0 Å². The Balaban J connectivity index is 0.000000287. The molecule has 0 unspecified atom stereocenters. The van der Waals surface area contributed by atoms with E-state index in [1.807, 2.05) is 32.2 Å². The number of carboxylic acid groups (broad SMARTS) is 1. The summed E-state index contributed by atoms with van der Waals surface area (Å²) in [7, 11) is 1.77. The van der Waals surface area contributed by atoms with Crippen LogP contribution in [0, 0.1) is 6.92 Å². The number of aromatic carboxylic acids is 1. The van der Waals surface area contributed by atoms with Gasteiger partial charge in [0.25, 0.3) is 0 Å². The number of allylic oxidation sites excluding steroid dienone is 1. The molecule has 1 fully saturated rings. The van der Waals surface area contributed by atoms with Crippen molar-refractivity contribution in [3.8, 4) is 5.75 Å². The lowest BCUT2D eigenvalue weighted by Gasteiger charge is -2.32. The first kappa shape index (κ1) is 33.1. The summed E-state index contributed by atoms with van der Waals surface area (Å²) in [4.78, 5) is 16.6. The van der Waals surface area contributed by atoms with Crippen LogP contribution in [0.1, 0.15) is 93.3 Å². The molecule has 6 nitrogen and oxygen atoms in total. The van der Waals surface area contributed by atoms with E-state index in [1.165, 1.54) is 34.9 Å². The molecule has 4 rings (SSSR count). The summed E-state index contributed by atoms with van der Waals surface area (Å²) in [6.45, 7) is 14.5. The molecule has 0 atom stereocenters. The average Bonchev–Trinajstić information content (AvgIpc) is 3.49. The highest BCUT2D eigenvalue weighted by Gasteiger charge is 2.22. The van der Waals surface area contributed by atoms with E-state index in [2.05, 4.69) is 48.9 Å². The number of benzene rings is 2. The molecule has 2 aromatic carbocycles. The Morgan fingerprint density at radius 3 is 2.52 bits per heavy atom. The molecule has 2 heterocycles. The summed E-state index contributed by atoms with van der Waals surface area (Å²) in [5.74, 6) is 0.123. The highest BCUT2D eigenvalue weighted by atomic mass is 16.5. The molecule has 220 valence electrons. The SMILES string of the molecule is CC.CCCC/C=C/c1cccc(C(=O)O)c1.CCCOC1CCN(Cc2c(OC)cc(C)c3[nH]ccc23)CC1. The number of carbonyl (C=O) groups is 1. The second-order valence-electron chi connectivity index (χ2n) is 9.96. The van der Waals surface area contributed by atoms with Gasteiger partial charge in [0.05, 0.1) is 18.8 Å². The van der Waals surface area contributed by atoms with Crippen LogP contribution in [-0.4, -0.2) is 53.9 Å². The monoisotopic (exact) mass is 550 g/mol. The van der Waals surface area contributed by atoms with Gasteiger partial charge < -0.3 is 19.6 Å². The van der Waals surface area contributed by atoms with Crippen LogP contribution in [-0.2, 0) is 11.3 Å². The molecule has 0 radical (unpaired) electrons. The van der Waals surface area contributed by atoms with Crippen molar-refractivity contribution >= 4 is 22.9 Å². The molecule has 0 saturated carbocycles. The number of aromatic amines is 1. The van der Waals surface area contributed by atoms with Gasteiger partial charge in [0.15, 0.2) is 0 Å². The number of fused-ring (bicyclic) bond motifs is 1. The first-order valence-corrected chi connectivity index (χ1v) is 14.9. The van der Waals surface area contributed by atoms with E-state index < -0.39 is 5.97 Å². The van der Waals surface area contributed by atoms with Crippen molar-refractivity contribution in [2.75, 3.05) is 26.8 Å². The Morgan fingerprint density at radius 1 is 1.12 bits per heavy atom. The Bertz CT molecular complexity index is 1180. The largest absolute Gasteiger partial charge is 0.496 e. The molecule has 1 aliphatic heterocycles. The molecule has 1 aromatic heterocycles. The lowest BCUT2D eigenvalue weighted by Crippen LogP contribution is -2.36. The number of aryl methyl sites for hydroxylation is 1. The molecule has 0 spiro atoms. The molecule has 0 bridgehead atoms. The van der Waals surface area contributed by atoms with Gasteiger partial charge in [0.2, 0.25) is 0 Å². The summed E-state index contributed by atoms with van der Waals surface area (Å²) in [6.07, 6.45) is 13.3. The fourth-order valence-electron chi connectivity index (χ4n) is 4.84. The number of hydrogen-bond acceptors (Lipinski definition) is 4. The van der Waals surface area contributed by atoms with Gasteiger partial charge in [0.1, 0.15) is 5.75 Å². The predicted octanol–water partition coefficient (Wildman–Crippen LogP) is 8.49. The van der Waals surface area contributed by atoms with E-state index in [9.17, 15) is 4.79 Å². The number of piperidine rings is 1. The van der Waals surface area contributed by atoms with Crippen molar-refractivity contribution in [1.29, 1.82) is 0 Å². The lowest BCUT2D eigenvalue weighted by molar-refractivity contribution is 0.00624. The zero-order chi connectivity index (χ0) is 29.3. The molecule has 40 heavy (non-hydrogen) atoms. The molecule has 0 aliphatic carbocycles. The van der Waals surface area contributed by atoms with Gasteiger partial charge in [-0.2, -0.15) is 0 Å². The molecule has 6 heteroatoms.